The van der Waals surface area contributed by atoms with E-state index in [2.05, 4.69) is 18.8 Å². The molecule has 1 atom stereocenters. The van der Waals surface area contributed by atoms with Gasteiger partial charge in [-0.05, 0) is 37.5 Å². The van der Waals surface area contributed by atoms with Crippen molar-refractivity contribution in [1.82, 2.24) is 9.55 Å². The average Bonchev–Trinajstić information content (AvgIpc) is 3.11. The lowest BCUT2D eigenvalue weighted by atomic mass is 10.1. The van der Waals surface area contributed by atoms with Crippen molar-refractivity contribution in [3.05, 3.63) is 60.6 Å². The number of para-hydroxylation sites is 1. The Labute approximate surface area is 161 Å². The second kappa shape index (κ2) is 9.36. The van der Waals surface area contributed by atoms with Crippen LogP contribution in [0, 0.1) is 0 Å². The molecule has 4 nitrogen and oxygen atoms in total. The van der Waals surface area contributed by atoms with E-state index in [1.807, 2.05) is 47.2 Å². The van der Waals surface area contributed by atoms with Crippen LogP contribution in [0.4, 0.5) is 0 Å². The van der Waals surface area contributed by atoms with Gasteiger partial charge in [0, 0.05) is 29.7 Å². The molecule has 0 amide bonds. The van der Waals surface area contributed by atoms with Crippen LogP contribution in [0.15, 0.2) is 55.0 Å². The fraction of sp³-hybridized carbons (Fsp3) is 0.391. The normalized spacial score (nSPS) is 12.2. The third-order valence-electron chi connectivity index (χ3n) is 4.98. The molecule has 0 fully saturated rings. The number of carbonyl (C=O) groups excluding carboxylic acids is 1. The smallest absolute Gasteiger partial charge is 0.340 e. The summed E-state index contributed by atoms with van der Waals surface area (Å²) >= 11 is 0. The summed E-state index contributed by atoms with van der Waals surface area (Å²) < 4.78 is 7.88. The highest BCUT2D eigenvalue weighted by atomic mass is 16.5. The summed E-state index contributed by atoms with van der Waals surface area (Å²) in [5.74, 6) is -0.235. The van der Waals surface area contributed by atoms with E-state index in [9.17, 15) is 4.79 Å². The lowest BCUT2D eigenvalue weighted by Crippen LogP contribution is -2.17. The number of hydrogen-bond acceptors (Lipinski definition) is 3. The van der Waals surface area contributed by atoms with Gasteiger partial charge < -0.3 is 9.30 Å². The van der Waals surface area contributed by atoms with Gasteiger partial charge in [-0.25, -0.2) is 4.79 Å². The molecule has 3 rings (SSSR count). The molecular weight excluding hydrogens is 336 g/mol. The minimum absolute atomic E-state index is 0.0163. The van der Waals surface area contributed by atoms with Crippen LogP contribution in [-0.4, -0.2) is 21.6 Å². The highest BCUT2D eigenvalue weighted by Crippen LogP contribution is 2.26. The summed E-state index contributed by atoms with van der Waals surface area (Å²) in [6.07, 6.45) is 11.9. The Hall–Kier alpha value is -2.62. The Morgan fingerprint density at radius 1 is 1.07 bits per heavy atom. The first kappa shape index (κ1) is 19.2. The fourth-order valence-electron chi connectivity index (χ4n) is 3.42. The minimum Gasteiger partial charge on any atom is -0.459 e. The van der Waals surface area contributed by atoms with Crippen LogP contribution in [0.5, 0.6) is 0 Å². The van der Waals surface area contributed by atoms with Crippen LogP contribution in [0.2, 0.25) is 0 Å². The molecule has 0 aliphatic carbocycles. The van der Waals surface area contributed by atoms with Gasteiger partial charge in [-0.15, -0.1) is 0 Å². The van der Waals surface area contributed by atoms with E-state index in [4.69, 9.17) is 4.74 Å². The van der Waals surface area contributed by atoms with Crippen molar-refractivity contribution in [2.75, 3.05) is 0 Å². The van der Waals surface area contributed by atoms with E-state index in [1.165, 1.54) is 19.3 Å². The van der Waals surface area contributed by atoms with Gasteiger partial charge in [0.15, 0.2) is 0 Å². The maximum Gasteiger partial charge on any atom is 0.340 e. The van der Waals surface area contributed by atoms with Crippen LogP contribution in [-0.2, 0) is 4.74 Å². The maximum absolute atomic E-state index is 12.9. The van der Waals surface area contributed by atoms with Crippen LogP contribution in [0.1, 0.15) is 62.7 Å². The Balaban J connectivity index is 1.82. The number of rotatable bonds is 9. The molecule has 27 heavy (non-hydrogen) atoms. The number of fused-ring (bicyclic) bond motifs is 1. The van der Waals surface area contributed by atoms with Gasteiger partial charge in [-0.1, -0.05) is 51.3 Å². The molecule has 0 aliphatic heterocycles. The zero-order valence-electron chi connectivity index (χ0n) is 16.2. The fourth-order valence-corrected chi connectivity index (χ4v) is 3.42. The molecule has 0 aliphatic rings. The summed E-state index contributed by atoms with van der Waals surface area (Å²) in [7, 11) is 0. The number of carbonyl (C=O) groups is 1. The maximum atomic E-state index is 12.9. The SMILES string of the molecule is CCCCCCC(CC)OC(=O)c1cn(-c2ccncc2)c2ccccc12. The molecule has 4 heteroatoms. The van der Waals surface area contributed by atoms with Crippen LogP contribution in [0.25, 0.3) is 16.6 Å². The van der Waals surface area contributed by atoms with Crippen molar-refractivity contribution in [2.24, 2.45) is 0 Å². The van der Waals surface area contributed by atoms with Crippen molar-refractivity contribution >= 4 is 16.9 Å². The first-order valence-electron chi connectivity index (χ1n) is 9.96. The Kier molecular flexibility index (Phi) is 6.64. The van der Waals surface area contributed by atoms with Gasteiger partial charge in [0.2, 0.25) is 0 Å². The zero-order chi connectivity index (χ0) is 19.1. The van der Waals surface area contributed by atoms with Gasteiger partial charge in [-0.3, -0.25) is 4.98 Å². The van der Waals surface area contributed by atoms with Gasteiger partial charge >= 0.3 is 5.97 Å². The standard InChI is InChI=1S/C23H28N2O2/c1-3-5-6-7-10-19(4-2)27-23(26)21-17-25(18-13-15-24-16-14-18)22-12-9-8-11-20(21)22/h8-9,11-17,19H,3-7,10H2,1-2H3. The van der Waals surface area contributed by atoms with Crippen LogP contribution < -0.4 is 0 Å². The molecule has 0 bridgehead atoms. The van der Waals surface area contributed by atoms with E-state index in [1.54, 1.807) is 12.4 Å². The molecule has 0 N–H and O–H groups in total. The quantitative estimate of drug-likeness (QED) is 0.349. The lowest BCUT2D eigenvalue weighted by molar-refractivity contribution is 0.0269. The van der Waals surface area contributed by atoms with E-state index in [0.717, 1.165) is 35.9 Å². The lowest BCUT2D eigenvalue weighted by Gasteiger charge is -2.15. The molecule has 0 radical (unpaired) electrons. The monoisotopic (exact) mass is 364 g/mol. The predicted molar refractivity (Wildman–Crippen MR) is 109 cm³/mol. The third kappa shape index (κ3) is 4.57. The highest BCUT2D eigenvalue weighted by Gasteiger charge is 2.20. The Morgan fingerprint density at radius 3 is 2.59 bits per heavy atom. The molecule has 1 unspecified atom stereocenters. The summed E-state index contributed by atoms with van der Waals surface area (Å²) in [4.78, 5) is 17.0. The van der Waals surface area contributed by atoms with Gasteiger partial charge in [0.05, 0.1) is 11.1 Å². The number of benzene rings is 1. The van der Waals surface area contributed by atoms with Crippen molar-refractivity contribution < 1.29 is 9.53 Å². The molecule has 0 saturated heterocycles. The number of aromatic nitrogens is 2. The van der Waals surface area contributed by atoms with Crippen molar-refractivity contribution in [3.8, 4) is 5.69 Å². The summed E-state index contributed by atoms with van der Waals surface area (Å²) in [5.41, 5.74) is 2.59. The van der Waals surface area contributed by atoms with E-state index < -0.39 is 0 Å². The summed E-state index contributed by atoms with van der Waals surface area (Å²) in [5, 5.41) is 0.917. The zero-order valence-corrected chi connectivity index (χ0v) is 16.2. The number of ether oxygens (including phenoxy) is 1. The molecule has 142 valence electrons. The Bertz CT molecular complexity index is 870. The molecule has 2 aromatic heterocycles. The third-order valence-corrected chi connectivity index (χ3v) is 4.98. The first-order valence-corrected chi connectivity index (χ1v) is 9.96. The highest BCUT2D eigenvalue weighted by molar-refractivity contribution is 6.05. The van der Waals surface area contributed by atoms with Crippen LogP contribution in [0.3, 0.4) is 0 Å². The summed E-state index contributed by atoms with van der Waals surface area (Å²) in [6, 6.07) is 11.8. The number of nitrogens with zero attached hydrogens (tertiary/aromatic N) is 2. The van der Waals surface area contributed by atoms with Crippen molar-refractivity contribution in [1.29, 1.82) is 0 Å². The largest absolute Gasteiger partial charge is 0.459 e. The van der Waals surface area contributed by atoms with Crippen molar-refractivity contribution in [3.63, 3.8) is 0 Å². The van der Waals surface area contributed by atoms with Gasteiger partial charge in [-0.2, -0.15) is 0 Å². The number of pyridine rings is 1. The number of esters is 1. The van der Waals surface area contributed by atoms with Crippen LogP contribution >= 0.6 is 0 Å². The second-order valence-electron chi connectivity index (χ2n) is 6.92. The molecular formula is C23H28N2O2. The number of hydrogen-bond donors (Lipinski definition) is 0. The van der Waals surface area contributed by atoms with E-state index >= 15 is 0 Å². The van der Waals surface area contributed by atoms with Gasteiger partial charge in [0.25, 0.3) is 0 Å². The average molecular weight is 364 g/mol. The Morgan fingerprint density at radius 2 is 1.85 bits per heavy atom. The van der Waals surface area contributed by atoms with E-state index in [0.29, 0.717) is 5.56 Å². The number of unbranched alkanes of at least 4 members (excludes halogenated alkanes) is 3. The summed E-state index contributed by atoms with van der Waals surface area (Å²) in [6.45, 7) is 4.29. The molecule has 0 spiro atoms. The molecule has 1 aromatic carbocycles. The molecule has 2 heterocycles. The molecule has 3 aromatic rings. The van der Waals surface area contributed by atoms with Crippen molar-refractivity contribution in [2.45, 2.75) is 58.5 Å². The second-order valence-corrected chi connectivity index (χ2v) is 6.92. The minimum atomic E-state index is -0.235. The van der Waals surface area contributed by atoms with Gasteiger partial charge in [0.1, 0.15) is 6.10 Å². The topological polar surface area (TPSA) is 44.1 Å². The molecule has 0 saturated carbocycles. The first-order chi connectivity index (χ1) is 13.2. The predicted octanol–water partition coefficient (Wildman–Crippen LogP) is 5.93. The van der Waals surface area contributed by atoms with E-state index in [-0.39, 0.29) is 12.1 Å².